The normalized spacial score (nSPS) is 10.8. The van der Waals surface area contributed by atoms with Gasteiger partial charge in [0.1, 0.15) is 4.88 Å². The van der Waals surface area contributed by atoms with Crippen LogP contribution in [0, 0.1) is 0 Å². The Kier molecular flexibility index (Phi) is 6.37. The molecule has 4 nitrogen and oxygen atoms in total. The van der Waals surface area contributed by atoms with Crippen LogP contribution in [-0.2, 0) is 16.1 Å². The van der Waals surface area contributed by atoms with E-state index < -0.39 is 5.97 Å². The van der Waals surface area contributed by atoms with Gasteiger partial charge in [-0.1, -0.05) is 59.6 Å². The second-order valence-corrected chi connectivity index (χ2v) is 7.72. The highest BCUT2D eigenvalue weighted by Gasteiger charge is 2.21. The minimum atomic E-state index is -0.610. The quantitative estimate of drug-likeness (QED) is 0.499. The lowest BCUT2D eigenvalue weighted by molar-refractivity contribution is -0.134. The molecule has 0 saturated heterocycles. The molecule has 0 spiro atoms. The first-order valence-corrected chi connectivity index (χ1v) is 9.93. The third-order valence-electron chi connectivity index (χ3n) is 4.05. The Morgan fingerprint density at radius 1 is 1.11 bits per heavy atom. The number of ether oxygens (including phenoxy) is 1. The van der Waals surface area contributed by atoms with Crippen LogP contribution in [0.1, 0.15) is 22.2 Å². The molecule has 0 bridgehead atoms. The number of halogens is 2. The van der Waals surface area contributed by atoms with E-state index in [1.807, 2.05) is 37.3 Å². The molecule has 7 heteroatoms. The Hall–Kier alpha value is -2.08. The van der Waals surface area contributed by atoms with Crippen LogP contribution in [0.3, 0.4) is 0 Å². The van der Waals surface area contributed by atoms with Crippen molar-refractivity contribution >= 4 is 56.5 Å². The number of fused-ring (bicyclic) bond motifs is 1. The Morgan fingerprint density at radius 2 is 1.85 bits per heavy atom. The molecule has 0 saturated carbocycles. The number of carbonyl (C=O) groups is 2. The largest absolute Gasteiger partial charge is 0.451 e. The summed E-state index contributed by atoms with van der Waals surface area (Å²) in [5, 5.41) is 1.62. The zero-order valence-electron chi connectivity index (χ0n) is 14.6. The fourth-order valence-electron chi connectivity index (χ4n) is 2.63. The van der Waals surface area contributed by atoms with Crippen LogP contribution in [0.4, 0.5) is 0 Å². The van der Waals surface area contributed by atoms with Gasteiger partial charge in [0, 0.05) is 28.2 Å². The summed E-state index contributed by atoms with van der Waals surface area (Å²) >= 11 is 13.5. The lowest BCUT2D eigenvalue weighted by Gasteiger charge is -2.20. The van der Waals surface area contributed by atoms with Crippen LogP contribution in [0.5, 0.6) is 0 Å². The van der Waals surface area contributed by atoms with Gasteiger partial charge >= 0.3 is 5.97 Å². The van der Waals surface area contributed by atoms with Crippen molar-refractivity contribution in [1.29, 1.82) is 0 Å². The molecule has 1 aromatic heterocycles. The minimum Gasteiger partial charge on any atom is -0.451 e. The standard InChI is InChI=1S/C20H17Cl2NO3S/c1-2-23(11-13-6-4-3-5-7-13)17(24)12-26-20(25)19-18(22)15-9-8-14(21)10-16(15)27-19/h3-10H,2,11-12H2,1H3. The number of esters is 1. The number of carbonyl (C=O) groups excluding carboxylic acids is 2. The number of rotatable bonds is 6. The van der Waals surface area contributed by atoms with E-state index in [4.69, 9.17) is 27.9 Å². The number of hydrogen-bond acceptors (Lipinski definition) is 4. The van der Waals surface area contributed by atoms with E-state index in [1.54, 1.807) is 23.1 Å². The van der Waals surface area contributed by atoms with E-state index in [0.29, 0.717) is 23.1 Å². The second-order valence-electron chi connectivity index (χ2n) is 5.86. The molecule has 0 N–H and O–H groups in total. The predicted octanol–water partition coefficient (Wildman–Crippen LogP) is 5.41. The van der Waals surface area contributed by atoms with E-state index in [0.717, 1.165) is 15.6 Å². The van der Waals surface area contributed by atoms with Gasteiger partial charge in [-0.05, 0) is 24.6 Å². The molecule has 0 atom stereocenters. The molecule has 0 aliphatic carbocycles. The fourth-order valence-corrected chi connectivity index (χ4v) is 4.31. The molecule has 140 valence electrons. The average Bonchev–Trinajstić information content (AvgIpc) is 3.00. The summed E-state index contributed by atoms with van der Waals surface area (Å²) in [4.78, 5) is 26.7. The summed E-state index contributed by atoms with van der Waals surface area (Å²) in [6.07, 6.45) is 0. The van der Waals surface area contributed by atoms with Crippen LogP contribution in [0.15, 0.2) is 48.5 Å². The summed E-state index contributed by atoms with van der Waals surface area (Å²) in [5.41, 5.74) is 1.02. The van der Waals surface area contributed by atoms with Crippen molar-refractivity contribution in [2.24, 2.45) is 0 Å². The van der Waals surface area contributed by atoms with Gasteiger partial charge in [-0.2, -0.15) is 0 Å². The van der Waals surface area contributed by atoms with E-state index >= 15 is 0 Å². The van der Waals surface area contributed by atoms with Crippen molar-refractivity contribution in [2.45, 2.75) is 13.5 Å². The lowest BCUT2D eigenvalue weighted by Crippen LogP contribution is -2.34. The topological polar surface area (TPSA) is 46.6 Å². The van der Waals surface area contributed by atoms with Crippen LogP contribution in [-0.4, -0.2) is 29.9 Å². The number of amides is 1. The number of likely N-dealkylation sites (N-methyl/N-ethyl adjacent to an activating group) is 1. The SMILES string of the molecule is CCN(Cc1ccccc1)C(=O)COC(=O)c1sc2cc(Cl)ccc2c1Cl. The van der Waals surface area contributed by atoms with E-state index in [1.165, 1.54) is 11.3 Å². The molecule has 1 heterocycles. The van der Waals surface area contributed by atoms with Gasteiger partial charge in [0.2, 0.25) is 0 Å². The van der Waals surface area contributed by atoms with E-state index in [9.17, 15) is 9.59 Å². The summed E-state index contributed by atoms with van der Waals surface area (Å²) in [5.74, 6) is -0.864. The zero-order chi connectivity index (χ0) is 19.4. The monoisotopic (exact) mass is 421 g/mol. The van der Waals surface area contributed by atoms with Gasteiger partial charge in [-0.15, -0.1) is 11.3 Å². The first-order valence-electron chi connectivity index (χ1n) is 8.36. The molecule has 27 heavy (non-hydrogen) atoms. The first-order chi connectivity index (χ1) is 13.0. The summed E-state index contributed by atoms with van der Waals surface area (Å²) in [6, 6.07) is 14.9. The molecule has 2 aromatic carbocycles. The highest BCUT2D eigenvalue weighted by molar-refractivity contribution is 7.21. The molecule has 3 rings (SSSR count). The van der Waals surface area contributed by atoms with Crippen molar-refractivity contribution in [3.63, 3.8) is 0 Å². The molecule has 1 amide bonds. The summed E-state index contributed by atoms with van der Waals surface area (Å²) in [6.45, 7) is 2.55. The molecule has 0 aliphatic rings. The maximum absolute atomic E-state index is 12.4. The predicted molar refractivity (Wildman–Crippen MR) is 110 cm³/mol. The van der Waals surface area contributed by atoms with Gasteiger partial charge in [0.15, 0.2) is 6.61 Å². The zero-order valence-corrected chi connectivity index (χ0v) is 16.9. The van der Waals surface area contributed by atoms with Crippen molar-refractivity contribution in [3.05, 3.63) is 69.0 Å². The maximum atomic E-state index is 12.4. The highest BCUT2D eigenvalue weighted by atomic mass is 35.5. The van der Waals surface area contributed by atoms with Crippen molar-refractivity contribution < 1.29 is 14.3 Å². The highest BCUT2D eigenvalue weighted by Crippen LogP contribution is 2.37. The average molecular weight is 422 g/mol. The fraction of sp³-hybridized carbons (Fsp3) is 0.200. The maximum Gasteiger partial charge on any atom is 0.350 e. The number of thiophene rings is 1. The van der Waals surface area contributed by atoms with E-state index in [-0.39, 0.29) is 17.4 Å². The van der Waals surface area contributed by atoms with Crippen molar-refractivity contribution in [3.8, 4) is 0 Å². The van der Waals surface area contributed by atoms with Gasteiger partial charge in [-0.25, -0.2) is 4.79 Å². The van der Waals surface area contributed by atoms with Gasteiger partial charge in [0.05, 0.1) is 5.02 Å². The smallest absolute Gasteiger partial charge is 0.350 e. The Bertz CT molecular complexity index is 972. The van der Waals surface area contributed by atoms with Crippen LogP contribution in [0.25, 0.3) is 10.1 Å². The Morgan fingerprint density at radius 3 is 2.56 bits per heavy atom. The van der Waals surface area contributed by atoms with Gasteiger partial charge in [0.25, 0.3) is 5.91 Å². The van der Waals surface area contributed by atoms with Crippen LogP contribution in [0.2, 0.25) is 10.0 Å². The number of nitrogens with zero attached hydrogens (tertiary/aromatic N) is 1. The van der Waals surface area contributed by atoms with Crippen LogP contribution < -0.4 is 0 Å². The Labute approximate surface area is 171 Å². The summed E-state index contributed by atoms with van der Waals surface area (Å²) in [7, 11) is 0. The number of hydrogen-bond donors (Lipinski definition) is 0. The van der Waals surface area contributed by atoms with Gasteiger partial charge < -0.3 is 9.64 Å². The molecule has 0 unspecified atom stereocenters. The number of benzene rings is 2. The van der Waals surface area contributed by atoms with Crippen molar-refractivity contribution in [2.75, 3.05) is 13.2 Å². The third kappa shape index (κ3) is 4.61. The van der Waals surface area contributed by atoms with Crippen molar-refractivity contribution in [1.82, 2.24) is 4.90 Å². The van der Waals surface area contributed by atoms with Crippen LogP contribution >= 0.6 is 34.5 Å². The summed E-state index contributed by atoms with van der Waals surface area (Å²) < 4.78 is 6.01. The Balaban J connectivity index is 1.66. The minimum absolute atomic E-state index is 0.255. The molecule has 0 fully saturated rings. The molecular weight excluding hydrogens is 405 g/mol. The molecule has 0 radical (unpaired) electrons. The van der Waals surface area contributed by atoms with Gasteiger partial charge in [-0.3, -0.25) is 4.79 Å². The van der Waals surface area contributed by atoms with E-state index in [2.05, 4.69) is 0 Å². The molecule has 0 aliphatic heterocycles. The lowest BCUT2D eigenvalue weighted by atomic mass is 10.2. The first kappa shape index (κ1) is 19.7. The molecular formula is C20H17Cl2NO3S. The second kappa shape index (κ2) is 8.74. The molecule has 3 aromatic rings. The third-order valence-corrected chi connectivity index (χ3v) is 5.93.